The molecule has 0 fully saturated rings. The highest BCUT2D eigenvalue weighted by molar-refractivity contribution is 7.11. The second-order valence-corrected chi connectivity index (χ2v) is 6.59. The van der Waals surface area contributed by atoms with E-state index in [0.717, 1.165) is 9.88 Å². The molecule has 1 heterocycles. The molecular weight excluding hydrogens is 319 g/mol. The van der Waals surface area contributed by atoms with Crippen molar-refractivity contribution in [3.8, 4) is 0 Å². The van der Waals surface area contributed by atoms with Crippen molar-refractivity contribution in [1.29, 1.82) is 0 Å². The first-order valence-corrected chi connectivity index (χ1v) is 7.83. The molecule has 0 saturated heterocycles. The van der Waals surface area contributed by atoms with Crippen LogP contribution in [0.25, 0.3) is 0 Å². The number of aryl methyl sites for hydroxylation is 2. The van der Waals surface area contributed by atoms with Crippen molar-refractivity contribution in [1.82, 2.24) is 9.88 Å². The molecule has 0 atom stereocenters. The first kappa shape index (κ1) is 17.1. The standard InChI is InChI=1S/C16H17FN2O3S/c1-10-14(18-11(2)23-10)7-15(20)19(9-16(21)22)8-12-3-5-13(17)6-4-12/h3-6H,7-9H2,1-2H3,(H,21,22). The second-order valence-electron chi connectivity index (χ2n) is 5.18. The lowest BCUT2D eigenvalue weighted by Gasteiger charge is -2.20. The molecule has 5 nitrogen and oxygen atoms in total. The zero-order chi connectivity index (χ0) is 17.0. The average molecular weight is 336 g/mol. The van der Waals surface area contributed by atoms with Gasteiger partial charge < -0.3 is 10.0 Å². The molecular formula is C16H17FN2O3S. The van der Waals surface area contributed by atoms with Gasteiger partial charge in [0.05, 0.1) is 17.1 Å². The molecule has 122 valence electrons. The molecule has 0 aliphatic rings. The van der Waals surface area contributed by atoms with E-state index in [1.165, 1.54) is 40.5 Å². The molecule has 0 radical (unpaired) electrons. The lowest BCUT2D eigenvalue weighted by molar-refractivity contribution is -0.144. The summed E-state index contributed by atoms with van der Waals surface area (Å²) in [5, 5.41) is 9.88. The molecule has 1 N–H and O–H groups in total. The van der Waals surface area contributed by atoms with Crippen molar-refractivity contribution in [2.24, 2.45) is 0 Å². The number of carbonyl (C=O) groups excluding carboxylic acids is 1. The number of amides is 1. The van der Waals surface area contributed by atoms with Crippen LogP contribution in [0.15, 0.2) is 24.3 Å². The minimum absolute atomic E-state index is 0.0602. The first-order valence-electron chi connectivity index (χ1n) is 7.02. The molecule has 1 amide bonds. The number of benzene rings is 1. The van der Waals surface area contributed by atoms with Crippen LogP contribution in [0, 0.1) is 19.7 Å². The summed E-state index contributed by atoms with van der Waals surface area (Å²) < 4.78 is 12.9. The maximum absolute atomic E-state index is 12.9. The van der Waals surface area contributed by atoms with Gasteiger partial charge in [0.25, 0.3) is 0 Å². The van der Waals surface area contributed by atoms with Crippen LogP contribution < -0.4 is 0 Å². The number of hydrogen-bond acceptors (Lipinski definition) is 4. The molecule has 0 aliphatic carbocycles. The average Bonchev–Trinajstić information content (AvgIpc) is 2.78. The quantitative estimate of drug-likeness (QED) is 0.880. The number of thiazole rings is 1. The Morgan fingerprint density at radius 3 is 2.43 bits per heavy atom. The van der Waals surface area contributed by atoms with Crippen LogP contribution >= 0.6 is 11.3 Å². The topological polar surface area (TPSA) is 70.5 Å². The number of halogens is 1. The molecule has 1 aromatic heterocycles. The number of aromatic nitrogens is 1. The Morgan fingerprint density at radius 1 is 1.26 bits per heavy atom. The van der Waals surface area contributed by atoms with Gasteiger partial charge in [0.15, 0.2) is 0 Å². The molecule has 0 unspecified atom stereocenters. The smallest absolute Gasteiger partial charge is 0.323 e. The summed E-state index contributed by atoms with van der Waals surface area (Å²) in [6.45, 7) is 3.46. The summed E-state index contributed by atoms with van der Waals surface area (Å²) in [6.07, 6.45) is 0.0602. The van der Waals surface area contributed by atoms with Crippen molar-refractivity contribution >= 4 is 23.2 Å². The van der Waals surface area contributed by atoms with Gasteiger partial charge in [-0.2, -0.15) is 0 Å². The fraction of sp³-hybridized carbons (Fsp3) is 0.312. The lowest BCUT2D eigenvalue weighted by atomic mass is 10.2. The molecule has 1 aromatic carbocycles. The summed E-state index contributed by atoms with van der Waals surface area (Å²) in [4.78, 5) is 29.9. The molecule has 2 aromatic rings. The molecule has 0 spiro atoms. The maximum atomic E-state index is 12.9. The van der Waals surface area contributed by atoms with Crippen LogP contribution in [0.2, 0.25) is 0 Å². The fourth-order valence-corrected chi connectivity index (χ4v) is 3.03. The third kappa shape index (κ3) is 4.85. The van der Waals surface area contributed by atoms with Gasteiger partial charge in [0.1, 0.15) is 12.4 Å². The summed E-state index contributed by atoms with van der Waals surface area (Å²) in [6, 6.07) is 5.64. The van der Waals surface area contributed by atoms with Crippen molar-refractivity contribution in [2.75, 3.05) is 6.54 Å². The van der Waals surface area contributed by atoms with Crippen LogP contribution in [0.5, 0.6) is 0 Å². The van der Waals surface area contributed by atoms with Gasteiger partial charge in [0.2, 0.25) is 5.91 Å². The SMILES string of the molecule is Cc1nc(CC(=O)N(CC(=O)O)Cc2ccc(F)cc2)c(C)s1. The third-order valence-electron chi connectivity index (χ3n) is 3.28. The maximum Gasteiger partial charge on any atom is 0.323 e. The molecule has 2 rings (SSSR count). The number of carboxylic acids is 1. The number of rotatable bonds is 6. The van der Waals surface area contributed by atoms with E-state index in [-0.39, 0.29) is 24.7 Å². The van der Waals surface area contributed by atoms with E-state index in [2.05, 4.69) is 4.98 Å². The Labute approximate surface area is 137 Å². The number of nitrogens with zero attached hydrogens (tertiary/aromatic N) is 2. The van der Waals surface area contributed by atoms with Gasteiger partial charge in [-0.25, -0.2) is 9.37 Å². The van der Waals surface area contributed by atoms with E-state index in [1.807, 2.05) is 13.8 Å². The normalized spacial score (nSPS) is 10.6. The fourth-order valence-electron chi connectivity index (χ4n) is 2.20. The Hall–Kier alpha value is -2.28. The Bertz CT molecular complexity index is 713. The van der Waals surface area contributed by atoms with Crippen molar-refractivity contribution in [3.63, 3.8) is 0 Å². The summed E-state index contributed by atoms with van der Waals surface area (Å²) >= 11 is 1.50. The third-order valence-corrected chi connectivity index (χ3v) is 4.21. The predicted molar refractivity (Wildman–Crippen MR) is 84.7 cm³/mol. The molecule has 0 aliphatic heterocycles. The summed E-state index contributed by atoms with van der Waals surface area (Å²) in [5.74, 6) is -1.78. The summed E-state index contributed by atoms with van der Waals surface area (Å²) in [5.41, 5.74) is 1.35. The van der Waals surface area contributed by atoms with Crippen molar-refractivity contribution in [2.45, 2.75) is 26.8 Å². The van der Waals surface area contributed by atoms with Crippen molar-refractivity contribution < 1.29 is 19.1 Å². The Balaban J connectivity index is 2.13. The van der Waals surface area contributed by atoms with Crippen LogP contribution in [-0.4, -0.2) is 33.4 Å². The summed E-state index contributed by atoms with van der Waals surface area (Å²) in [7, 11) is 0. The number of carboxylic acid groups (broad SMARTS) is 1. The largest absolute Gasteiger partial charge is 0.480 e. The van der Waals surface area contributed by atoms with Crippen LogP contribution in [0.1, 0.15) is 21.1 Å². The van der Waals surface area contributed by atoms with E-state index in [0.29, 0.717) is 11.3 Å². The van der Waals surface area contributed by atoms with Crippen LogP contribution in [0.3, 0.4) is 0 Å². The van der Waals surface area contributed by atoms with Gasteiger partial charge in [-0.3, -0.25) is 9.59 Å². The highest BCUT2D eigenvalue weighted by atomic mass is 32.1. The van der Waals surface area contributed by atoms with Gasteiger partial charge in [0, 0.05) is 11.4 Å². The van der Waals surface area contributed by atoms with E-state index in [9.17, 15) is 14.0 Å². The Kier molecular flexibility index (Phi) is 5.44. The molecule has 23 heavy (non-hydrogen) atoms. The number of hydrogen-bond donors (Lipinski definition) is 1. The molecule has 0 bridgehead atoms. The predicted octanol–water partition coefficient (Wildman–Crippen LogP) is 2.55. The van der Waals surface area contributed by atoms with Crippen LogP contribution in [0.4, 0.5) is 4.39 Å². The highest BCUT2D eigenvalue weighted by Crippen LogP contribution is 2.18. The number of aliphatic carboxylic acids is 1. The van der Waals surface area contributed by atoms with E-state index in [1.54, 1.807) is 0 Å². The highest BCUT2D eigenvalue weighted by Gasteiger charge is 2.20. The molecule has 0 saturated carbocycles. The second kappa shape index (κ2) is 7.32. The van der Waals surface area contributed by atoms with E-state index < -0.39 is 12.5 Å². The van der Waals surface area contributed by atoms with E-state index >= 15 is 0 Å². The minimum Gasteiger partial charge on any atom is -0.480 e. The van der Waals surface area contributed by atoms with E-state index in [4.69, 9.17) is 5.11 Å². The van der Waals surface area contributed by atoms with Gasteiger partial charge in [-0.1, -0.05) is 12.1 Å². The monoisotopic (exact) mass is 336 g/mol. The first-order chi connectivity index (χ1) is 10.8. The number of carbonyl (C=O) groups is 2. The zero-order valence-corrected chi connectivity index (χ0v) is 13.7. The van der Waals surface area contributed by atoms with Gasteiger partial charge in [-0.05, 0) is 31.5 Å². The van der Waals surface area contributed by atoms with Crippen molar-refractivity contribution in [3.05, 3.63) is 51.2 Å². The Morgan fingerprint density at radius 2 is 1.91 bits per heavy atom. The van der Waals surface area contributed by atoms with Crippen LogP contribution in [-0.2, 0) is 22.6 Å². The van der Waals surface area contributed by atoms with Gasteiger partial charge >= 0.3 is 5.97 Å². The minimum atomic E-state index is -1.09. The van der Waals surface area contributed by atoms with Gasteiger partial charge in [-0.15, -0.1) is 11.3 Å². The molecule has 7 heteroatoms. The lowest BCUT2D eigenvalue weighted by Crippen LogP contribution is -2.36. The zero-order valence-electron chi connectivity index (χ0n) is 12.9.